The molecule has 35 heavy (non-hydrogen) atoms. The maximum Gasteiger partial charge on any atom is 0.246 e. The summed E-state index contributed by atoms with van der Waals surface area (Å²) in [6.45, 7) is 2.19. The van der Waals surface area contributed by atoms with Crippen molar-refractivity contribution in [2.75, 3.05) is 26.2 Å². The van der Waals surface area contributed by atoms with Crippen molar-refractivity contribution in [3.8, 4) is 0 Å². The van der Waals surface area contributed by atoms with Crippen LogP contribution in [0.2, 0.25) is 0 Å². The molecule has 1 unspecified atom stereocenters. The first kappa shape index (κ1) is 24.7. The van der Waals surface area contributed by atoms with E-state index in [0.717, 1.165) is 23.4 Å². The van der Waals surface area contributed by atoms with Gasteiger partial charge in [-0.05, 0) is 36.3 Å². The number of hydrogen-bond acceptors (Lipinski definition) is 5. The van der Waals surface area contributed by atoms with Crippen LogP contribution < -0.4 is 5.32 Å². The molecule has 0 spiro atoms. The van der Waals surface area contributed by atoms with Crippen LogP contribution in [0.1, 0.15) is 23.3 Å². The van der Waals surface area contributed by atoms with Crippen LogP contribution in [0.15, 0.2) is 66.6 Å². The Morgan fingerprint density at radius 3 is 2.66 bits per heavy atom. The van der Waals surface area contributed by atoms with Crippen LogP contribution in [-0.2, 0) is 33.8 Å². The van der Waals surface area contributed by atoms with E-state index >= 15 is 0 Å². The molecule has 1 saturated heterocycles. The molecule has 1 aliphatic heterocycles. The summed E-state index contributed by atoms with van der Waals surface area (Å²) in [5.41, 5.74) is 1.11. The lowest BCUT2D eigenvalue weighted by Crippen LogP contribution is -2.61. The summed E-state index contributed by atoms with van der Waals surface area (Å²) in [5.74, 6) is -0.472. The number of piperazine rings is 1. The average Bonchev–Trinajstić information content (AvgIpc) is 3.58. The Bertz CT molecular complexity index is 1090. The zero-order valence-electron chi connectivity index (χ0n) is 19.7. The van der Waals surface area contributed by atoms with Gasteiger partial charge in [0.1, 0.15) is 6.04 Å². The molecule has 1 fully saturated rings. The Labute approximate surface area is 209 Å². The molecule has 2 aromatic heterocycles. The summed E-state index contributed by atoms with van der Waals surface area (Å²) in [4.78, 5) is 47.7. The third-order valence-corrected chi connectivity index (χ3v) is 7.10. The van der Waals surface area contributed by atoms with Gasteiger partial charge in [-0.1, -0.05) is 36.4 Å². The van der Waals surface area contributed by atoms with E-state index in [1.807, 2.05) is 58.6 Å². The number of amides is 3. The second-order valence-corrected chi connectivity index (χ2v) is 9.67. The van der Waals surface area contributed by atoms with Gasteiger partial charge in [-0.15, -0.1) is 11.3 Å². The Morgan fingerprint density at radius 2 is 1.91 bits per heavy atom. The normalized spacial score (nSPS) is 16.1. The molecule has 0 saturated carbocycles. The molecule has 0 aliphatic carbocycles. The molecule has 1 atom stereocenters. The Balaban J connectivity index is 1.37. The average molecular weight is 494 g/mol. The van der Waals surface area contributed by atoms with Gasteiger partial charge in [0.2, 0.25) is 17.7 Å². The summed E-state index contributed by atoms with van der Waals surface area (Å²) in [7, 11) is 0. The monoisotopic (exact) mass is 493 g/mol. The van der Waals surface area contributed by atoms with E-state index in [-0.39, 0.29) is 30.7 Å². The number of aromatic nitrogens is 2. The zero-order chi connectivity index (χ0) is 24.5. The van der Waals surface area contributed by atoms with Crippen molar-refractivity contribution in [3.63, 3.8) is 0 Å². The minimum Gasteiger partial charge on any atom is -0.356 e. The van der Waals surface area contributed by atoms with E-state index < -0.39 is 6.04 Å². The highest BCUT2D eigenvalue weighted by molar-refractivity contribution is 7.09. The van der Waals surface area contributed by atoms with E-state index in [1.165, 1.54) is 0 Å². The molecule has 3 amide bonds. The summed E-state index contributed by atoms with van der Waals surface area (Å²) < 4.78 is 1.95. The molecule has 1 aliphatic rings. The molecular formula is C26H31N5O3S. The van der Waals surface area contributed by atoms with Gasteiger partial charge >= 0.3 is 0 Å². The molecule has 4 rings (SSSR count). The van der Waals surface area contributed by atoms with Gasteiger partial charge in [0.05, 0.1) is 19.3 Å². The summed E-state index contributed by atoms with van der Waals surface area (Å²) in [6.07, 6.45) is 7.41. The molecule has 1 aromatic carbocycles. The molecule has 3 heterocycles. The molecule has 1 N–H and O–H groups in total. The molecular weight excluding hydrogens is 462 g/mol. The highest BCUT2D eigenvalue weighted by atomic mass is 32.1. The topological polar surface area (TPSA) is 87.5 Å². The maximum atomic E-state index is 13.4. The number of hydrogen-bond donors (Lipinski definition) is 1. The lowest BCUT2D eigenvalue weighted by molar-refractivity contribution is -0.157. The SMILES string of the molecule is O=C(CC1C(=O)N(CCc2ccccc2)CC(=O)N1CCc1cccs1)NCCCn1ccnc1. The summed E-state index contributed by atoms with van der Waals surface area (Å²) in [5, 5.41) is 4.91. The number of carbonyl (C=O) groups is 3. The minimum absolute atomic E-state index is 0.0259. The third-order valence-electron chi connectivity index (χ3n) is 6.17. The van der Waals surface area contributed by atoms with Crippen molar-refractivity contribution in [3.05, 3.63) is 77.0 Å². The van der Waals surface area contributed by atoms with Gasteiger partial charge in [0.15, 0.2) is 0 Å². The van der Waals surface area contributed by atoms with Crippen LogP contribution in [0, 0.1) is 0 Å². The quantitative estimate of drug-likeness (QED) is 0.393. The highest BCUT2D eigenvalue weighted by Gasteiger charge is 2.40. The number of nitrogens with one attached hydrogen (secondary N) is 1. The van der Waals surface area contributed by atoms with Crippen molar-refractivity contribution < 1.29 is 14.4 Å². The molecule has 0 radical (unpaired) electrons. The smallest absolute Gasteiger partial charge is 0.246 e. The van der Waals surface area contributed by atoms with Gasteiger partial charge in [0.25, 0.3) is 0 Å². The number of benzene rings is 1. The van der Waals surface area contributed by atoms with Crippen molar-refractivity contribution in [2.45, 2.75) is 38.3 Å². The van der Waals surface area contributed by atoms with E-state index in [1.54, 1.807) is 33.7 Å². The predicted octanol–water partition coefficient (Wildman–Crippen LogP) is 2.37. The second kappa shape index (κ2) is 12.3. The van der Waals surface area contributed by atoms with Gasteiger partial charge in [-0.2, -0.15) is 0 Å². The number of thiophene rings is 1. The highest BCUT2D eigenvalue weighted by Crippen LogP contribution is 2.19. The molecule has 0 bridgehead atoms. The molecule has 184 valence electrons. The fourth-order valence-corrected chi connectivity index (χ4v) is 4.97. The number of rotatable bonds is 12. The molecule has 8 nitrogen and oxygen atoms in total. The minimum atomic E-state index is -0.777. The summed E-state index contributed by atoms with van der Waals surface area (Å²) >= 11 is 1.63. The fraction of sp³-hybridized carbons (Fsp3) is 0.385. The van der Waals surface area contributed by atoms with Crippen LogP contribution in [-0.4, -0.2) is 69.3 Å². The van der Waals surface area contributed by atoms with Gasteiger partial charge in [-0.25, -0.2) is 4.98 Å². The fourth-order valence-electron chi connectivity index (χ4n) is 4.27. The Kier molecular flexibility index (Phi) is 8.67. The van der Waals surface area contributed by atoms with Crippen molar-refractivity contribution in [2.24, 2.45) is 0 Å². The van der Waals surface area contributed by atoms with E-state index in [2.05, 4.69) is 10.3 Å². The Hall–Kier alpha value is -3.46. The van der Waals surface area contributed by atoms with Crippen molar-refractivity contribution in [1.29, 1.82) is 0 Å². The number of aryl methyl sites for hydroxylation is 1. The zero-order valence-corrected chi connectivity index (χ0v) is 20.5. The molecule has 3 aromatic rings. The Morgan fingerprint density at radius 1 is 1.06 bits per heavy atom. The van der Waals surface area contributed by atoms with E-state index in [4.69, 9.17) is 0 Å². The second-order valence-electron chi connectivity index (χ2n) is 8.64. The van der Waals surface area contributed by atoms with Crippen LogP contribution in [0.5, 0.6) is 0 Å². The van der Waals surface area contributed by atoms with E-state index in [0.29, 0.717) is 32.5 Å². The number of carbonyl (C=O) groups excluding carboxylic acids is 3. The lowest BCUT2D eigenvalue weighted by Gasteiger charge is -2.40. The molecule has 9 heteroatoms. The van der Waals surface area contributed by atoms with Crippen LogP contribution in [0.25, 0.3) is 0 Å². The third kappa shape index (κ3) is 7.02. The van der Waals surface area contributed by atoms with Crippen molar-refractivity contribution >= 4 is 29.1 Å². The maximum absolute atomic E-state index is 13.4. The standard InChI is InChI=1S/C26H31N5O3S/c32-24(28-11-5-13-29-16-12-27-20-29)18-23-26(34)30(14-9-21-6-2-1-3-7-21)19-25(33)31(23)15-10-22-8-4-17-35-22/h1-4,6-8,12,16-17,20,23H,5,9-11,13-15,18-19H2,(H,28,32). The first-order valence-corrected chi connectivity index (χ1v) is 12.8. The van der Waals surface area contributed by atoms with Gasteiger partial charge in [0, 0.05) is 43.4 Å². The first-order chi connectivity index (χ1) is 17.1. The van der Waals surface area contributed by atoms with Crippen LogP contribution >= 0.6 is 11.3 Å². The number of nitrogens with zero attached hydrogens (tertiary/aromatic N) is 4. The van der Waals surface area contributed by atoms with Crippen molar-refractivity contribution in [1.82, 2.24) is 24.7 Å². The summed E-state index contributed by atoms with van der Waals surface area (Å²) in [6, 6.07) is 13.1. The van der Waals surface area contributed by atoms with Crippen LogP contribution in [0.3, 0.4) is 0 Å². The predicted molar refractivity (Wildman–Crippen MR) is 135 cm³/mol. The first-order valence-electron chi connectivity index (χ1n) is 12.0. The lowest BCUT2D eigenvalue weighted by atomic mass is 10.0. The van der Waals surface area contributed by atoms with Crippen LogP contribution in [0.4, 0.5) is 0 Å². The van der Waals surface area contributed by atoms with Gasteiger partial charge in [-0.3, -0.25) is 14.4 Å². The largest absolute Gasteiger partial charge is 0.356 e. The van der Waals surface area contributed by atoms with Gasteiger partial charge < -0.3 is 19.7 Å². The van der Waals surface area contributed by atoms with E-state index in [9.17, 15) is 14.4 Å². The number of imidazole rings is 1.